The van der Waals surface area contributed by atoms with E-state index in [1.165, 1.54) is 19.4 Å². The Labute approximate surface area is 134 Å². The molecule has 2 atom stereocenters. The van der Waals surface area contributed by atoms with Gasteiger partial charge in [-0.05, 0) is 30.8 Å². The van der Waals surface area contributed by atoms with Crippen LogP contribution >= 0.6 is 11.3 Å². The molecule has 5 nitrogen and oxygen atoms in total. The molecule has 0 spiro atoms. The lowest BCUT2D eigenvalue weighted by atomic mass is 10.2. The fraction of sp³-hybridized carbons (Fsp3) is 0.500. The molecule has 1 N–H and O–H groups in total. The molecule has 0 aliphatic carbocycles. The summed E-state index contributed by atoms with van der Waals surface area (Å²) < 4.78 is 5.97. The van der Waals surface area contributed by atoms with Crippen LogP contribution in [0.2, 0.25) is 0 Å². The molecule has 116 valence electrons. The molecule has 0 aromatic carbocycles. The van der Waals surface area contributed by atoms with E-state index in [0.717, 1.165) is 36.1 Å². The minimum atomic E-state index is 0.238. The summed E-state index contributed by atoms with van der Waals surface area (Å²) in [5.74, 6) is 0.818. The highest BCUT2D eigenvalue weighted by molar-refractivity contribution is 7.13. The van der Waals surface area contributed by atoms with Crippen molar-refractivity contribution in [2.45, 2.75) is 25.0 Å². The van der Waals surface area contributed by atoms with Crippen molar-refractivity contribution in [3.05, 3.63) is 29.9 Å². The number of morpholine rings is 1. The molecule has 2 aromatic rings. The zero-order valence-corrected chi connectivity index (χ0v) is 13.3. The van der Waals surface area contributed by atoms with Gasteiger partial charge >= 0.3 is 0 Å². The van der Waals surface area contributed by atoms with Crippen LogP contribution in [0.5, 0.6) is 0 Å². The van der Waals surface area contributed by atoms with Gasteiger partial charge in [0.15, 0.2) is 0 Å². The Kier molecular flexibility index (Phi) is 4.05. The number of hydrogen-bond donors (Lipinski definition) is 1. The summed E-state index contributed by atoms with van der Waals surface area (Å²) in [6.07, 6.45) is 6.42. The Morgan fingerprint density at radius 1 is 1.41 bits per heavy atom. The van der Waals surface area contributed by atoms with Crippen LogP contribution in [-0.2, 0) is 4.74 Å². The maximum Gasteiger partial charge on any atom is 0.145 e. The van der Waals surface area contributed by atoms with Crippen molar-refractivity contribution in [1.82, 2.24) is 14.9 Å². The van der Waals surface area contributed by atoms with E-state index in [-0.39, 0.29) is 6.10 Å². The summed E-state index contributed by atoms with van der Waals surface area (Å²) in [5.41, 5.74) is 0.921. The van der Waals surface area contributed by atoms with Crippen LogP contribution in [0.1, 0.15) is 12.8 Å². The molecular formula is C16H20N4OS. The van der Waals surface area contributed by atoms with Gasteiger partial charge in [-0.25, -0.2) is 4.98 Å². The zero-order chi connectivity index (χ0) is 14.8. The highest BCUT2D eigenvalue weighted by Gasteiger charge is 2.31. The van der Waals surface area contributed by atoms with Crippen molar-refractivity contribution in [1.29, 1.82) is 0 Å². The smallest absolute Gasteiger partial charge is 0.145 e. The third-order valence-corrected chi connectivity index (χ3v) is 5.27. The third-order valence-electron chi connectivity index (χ3n) is 4.38. The van der Waals surface area contributed by atoms with Gasteiger partial charge in [0.2, 0.25) is 0 Å². The number of ether oxygens (including phenoxy) is 1. The maximum atomic E-state index is 5.97. The van der Waals surface area contributed by atoms with Crippen molar-refractivity contribution in [2.75, 3.05) is 31.6 Å². The normalized spacial score (nSPS) is 25.1. The molecule has 0 saturated carbocycles. The Bertz CT molecular complexity index is 618. The average Bonchev–Trinajstić information content (AvgIpc) is 3.24. The van der Waals surface area contributed by atoms with E-state index in [1.807, 2.05) is 12.3 Å². The molecule has 6 heteroatoms. The summed E-state index contributed by atoms with van der Waals surface area (Å²) in [4.78, 5) is 12.6. The Morgan fingerprint density at radius 2 is 2.41 bits per heavy atom. The van der Waals surface area contributed by atoms with Gasteiger partial charge in [-0.2, -0.15) is 0 Å². The first-order valence-corrected chi connectivity index (χ1v) is 8.72. The lowest BCUT2D eigenvalue weighted by molar-refractivity contribution is -0.0416. The molecule has 4 rings (SSSR count). The van der Waals surface area contributed by atoms with Gasteiger partial charge in [-0.1, -0.05) is 6.07 Å². The second-order valence-electron chi connectivity index (χ2n) is 5.89. The highest BCUT2D eigenvalue weighted by atomic mass is 32.1. The van der Waals surface area contributed by atoms with Crippen molar-refractivity contribution < 1.29 is 4.74 Å². The lowest BCUT2D eigenvalue weighted by Crippen LogP contribution is -2.48. The van der Waals surface area contributed by atoms with Crippen LogP contribution in [0.25, 0.3) is 10.6 Å². The standard InChI is InChI=1S/C16H20N4OS/c1-3-12-11-21-13(10-20(12)5-1)7-18-16-9-17-8-14(19-16)15-4-2-6-22-15/h2,4,6,8-9,12-13H,1,3,5,7,10-11H2,(H,18,19). The molecular weight excluding hydrogens is 296 g/mol. The number of anilines is 1. The van der Waals surface area contributed by atoms with E-state index < -0.39 is 0 Å². The van der Waals surface area contributed by atoms with Gasteiger partial charge in [-0.15, -0.1) is 11.3 Å². The quantitative estimate of drug-likeness (QED) is 0.939. The van der Waals surface area contributed by atoms with E-state index in [1.54, 1.807) is 17.5 Å². The molecule has 2 aromatic heterocycles. The van der Waals surface area contributed by atoms with Gasteiger partial charge in [0.05, 0.1) is 30.0 Å². The predicted molar refractivity (Wildman–Crippen MR) is 88.2 cm³/mol. The van der Waals surface area contributed by atoms with Crippen LogP contribution in [0.15, 0.2) is 29.9 Å². The van der Waals surface area contributed by atoms with Crippen molar-refractivity contribution in [3.63, 3.8) is 0 Å². The molecule has 2 fully saturated rings. The van der Waals surface area contributed by atoms with Gasteiger partial charge in [0.25, 0.3) is 0 Å². The Hall–Kier alpha value is -1.50. The fourth-order valence-electron chi connectivity index (χ4n) is 3.22. The SMILES string of the molecule is c1csc(-c2cncc(NCC3CN4CCCC4CO3)n2)c1. The summed E-state index contributed by atoms with van der Waals surface area (Å²) in [6.45, 7) is 3.90. The van der Waals surface area contributed by atoms with E-state index in [0.29, 0.717) is 6.04 Å². The summed E-state index contributed by atoms with van der Waals surface area (Å²) in [7, 11) is 0. The van der Waals surface area contributed by atoms with Crippen LogP contribution in [0.3, 0.4) is 0 Å². The molecule has 22 heavy (non-hydrogen) atoms. The zero-order valence-electron chi connectivity index (χ0n) is 12.4. The number of rotatable bonds is 4. The summed E-state index contributed by atoms with van der Waals surface area (Å²) in [6, 6.07) is 4.75. The molecule has 2 aliphatic rings. The predicted octanol–water partition coefficient (Wildman–Crippen LogP) is 2.48. The number of thiophene rings is 1. The van der Waals surface area contributed by atoms with E-state index in [2.05, 4.69) is 31.6 Å². The molecule has 0 bridgehead atoms. The first kappa shape index (κ1) is 14.1. The van der Waals surface area contributed by atoms with Gasteiger partial charge in [0.1, 0.15) is 11.5 Å². The van der Waals surface area contributed by atoms with Crippen molar-refractivity contribution in [3.8, 4) is 10.6 Å². The second-order valence-corrected chi connectivity index (χ2v) is 6.84. The minimum absolute atomic E-state index is 0.238. The van der Waals surface area contributed by atoms with Gasteiger partial charge in [0, 0.05) is 19.1 Å². The molecule has 0 amide bonds. The fourth-order valence-corrected chi connectivity index (χ4v) is 3.90. The largest absolute Gasteiger partial charge is 0.373 e. The van der Waals surface area contributed by atoms with Crippen LogP contribution in [0, 0.1) is 0 Å². The first-order chi connectivity index (χ1) is 10.9. The molecule has 4 heterocycles. The number of aromatic nitrogens is 2. The monoisotopic (exact) mass is 316 g/mol. The highest BCUT2D eigenvalue weighted by Crippen LogP contribution is 2.24. The van der Waals surface area contributed by atoms with Crippen molar-refractivity contribution >= 4 is 17.2 Å². The lowest BCUT2D eigenvalue weighted by Gasteiger charge is -2.35. The number of fused-ring (bicyclic) bond motifs is 1. The molecule has 2 saturated heterocycles. The van der Waals surface area contributed by atoms with Crippen LogP contribution < -0.4 is 5.32 Å². The average molecular weight is 316 g/mol. The van der Waals surface area contributed by atoms with Gasteiger partial charge in [-0.3, -0.25) is 9.88 Å². The second kappa shape index (κ2) is 6.32. The Morgan fingerprint density at radius 3 is 3.32 bits per heavy atom. The summed E-state index contributed by atoms with van der Waals surface area (Å²) in [5, 5.41) is 5.43. The van der Waals surface area contributed by atoms with Crippen LogP contribution in [0.4, 0.5) is 5.82 Å². The summed E-state index contributed by atoms with van der Waals surface area (Å²) >= 11 is 1.68. The molecule has 2 unspecified atom stereocenters. The van der Waals surface area contributed by atoms with Crippen molar-refractivity contribution in [2.24, 2.45) is 0 Å². The first-order valence-electron chi connectivity index (χ1n) is 7.84. The minimum Gasteiger partial charge on any atom is -0.373 e. The van der Waals surface area contributed by atoms with Gasteiger partial charge < -0.3 is 10.1 Å². The third kappa shape index (κ3) is 2.99. The van der Waals surface area contributed by atoms with E-state index in [4.69, 9.17) is 4.74 Å². The topological polar surface area (TPSA) is 50.3 Å². The van der Waals surface area contributed by atoms with E-state index in [9.17, 15) is 0 Å². The van der Waals surface area contributed by atoms with E-state index >= 15 is 0 Å². The van der Waals surface area contributed by atoms with Crippen LogP contribution in [-0.4, -0.2) is 53.3 Å². The maximum absolute atomic E-state index is 5.97. The number of nitrogens with one attached hydrogen (secondary N) is 1. The molecule has 0 radical (unpaired) electrons. The number of hydrogen-bond acceptors (Lipinski definition) is 6. The number of nitrogens with zero attached hydrogens (tertiary/aromatic N) is 3. The molecule has 2 aliphatic heterocycles. The Balaban J connectivity index is 1.37.